The summed E-state index contributed by atoms with van der Waals surface area (Å²) in [6.07, 6.45) is 2.04. The molecule has 0 spiro atoms. The Balaban J connectivity index is 2.04. The van der Waals surface area contributed by atoms with Gasteiger partial charge in [0.05, 0.1) is 6.54 Å². The molecule has 3 nitrogen and oxygen atoms in total. The molecule has 0 heterocycles. The van der Waals surface area contributed by atoms with Crippen molar-refractivity contribution in [2.24, 2.45) is 0 Å². The number of amides is 1. The average Bonchev–Trinajstić information content (AvgIpc) is 2.54. The third-order valence-electron chi connectivity index (χ3n) is 3.68. The minimum atomic E-state index is -0.00354. The Hall–Kier alpha value is -1.94. The maximum Gasteiger partial charge on any atom is 0.243 e. The maximum absolute atomic E-state index is 12.4. The topological polar surface area (TPSA) is 32.3 Å². The molecule has 4 heteroatoms. The first-order valence-corrected chi connectivity index (χ1v) is 8.99. The number of carbonyl (C=O) groups excluding carboxylic acids is 1. The fraction of sp³-hybridized carbons (Fsp3) is 0.316. The van der Waals surface area contributed by atoms with Crippen LogP contribution in [-0.2, 0) is 4.79 Å². The van der Waals surface area contributed by atoms with Gasteiger partial charge in [-0.15, -0.1) is 11.8 Å². The van der Waals surface area contributed by atoms with E-state index in [1.54, 1.807) is 11.8 Å². The third-order valence-corrected chi connectivity index (χ3v) is 4.42. The zero-order chi connectivity index (χ0) is 16.8. The van der Waals surface area contributed by atoms with Crippen LogP contribution in [0.25, 0.3) is 0 Å². The van der Waals surface area contributed by atoms with E-state index in [4.69, 9.17) is 0 Å². The summed E-state index contributed by atoms with van der Waals surface area (Å²) in [5.74, 6) is -0.00354. The van der Waals surface area contributed by atoms with Crippen LogP contribution in [0.5, 0.6) is 0 Å². The van der Waals surface area contributed by atoms with Crippen molar-refractivity contribution >= 4 is 29.0 Å². The van der Waals surface area contributed by atoms with Crippen LogP contribution in [0, 0.1) is 6.92 Å². The van der Waals surface area contributed by atoms with E-state index in [0.29, 0.717) is 6.54 Å². The monoisotopic (exact) mass is 328 g/mol. The van der Waals surface area contributed by atoms with Crippen molar-refractivity contribution in [2.45, 2.75) is 31.7 Å². The fourth-order valence-electron chi connectivity index (χ4n) is 2.34. The number of rotatable bonds is 6. The molecule has 0 aliphatic carbocycles. The first-order valence-electron chi connectivity index (χ1n) is 7.77. The lowest BCUT2D eigenvalue weighted by atomic mass is 10.2. The second-order valence-electron chi connectivity index (χ2n) is 5.83. The predicted octanol–water partition coefficient (Wildman–Crippen LogP) is 4.57. The van der Waals surface area contributed by atoms with Crippen LogP contribution in [0.15, 0.2) is 53.4 Å². The number of carbonyl (C=O) groups is 1. The summed E-state index contributed by atoms with van der Waals surface area (Å²) in [6, 6.07) is 16.4. The number of nitrogens with zero attached hydrogens (tertiary/aromatic N) is 1. The summed E-state index contributed by atoms with van der Waals surface area (Å²) in [7, 11) is 0. The van der Waals surface area contributed by atoms with Crippen LogP contribution in [0.2, 0.25) is 0 Å². The third kappa shape index (κ3) is 5.03. The van der Waals surface area contributed by atoms with E-state index in [-0.39, 0.29) is 11.9 Å². The van der Waals surface area contributed by atoms with Gasteiger partial charge in [0.1, 0.15) is 0 Å². The molecule has 0 bridgehead atoms. The molecule has 2 aromatic rings. The van der Waals surface area contributed by atoms with Gasteiger partial charge >= 0.3 is 0 Å². The summed E-state index contributed by atoms with van der Waals surface area (Å²) in [5.41, 5.74) is 3.12. The Bertz CT molecular complexity index is 635. The highest BCUT2D eigenvalue weighted by molar-refractivity contribution is 7.98. The molecule has 122 valence electrons. The lowest BCUT2D eigenvalue weighted by molar-refractivity contribution is -0.115. The van der Waals surface area contributed by atoms with E-state index in [0.717, 1.165) is 11.4 Å². The van der Waals surface area contributed by atoms with E-state index >= 15 is 0 Å². The largest absolute Gasteiger partial charge is 0.360 e. The predicted molar refractivity (Wildman–Crippen MR) is 101 cm³/mol. The Morgan fingerprint density at radius 2 is 1.70 bits per heavy atom. The first-order chi connectivity index (χ1) is 11.0. The van der Waals surface area contributed by atoms with E-state index in [1.807, 2.05) is 30.5 Å². The van der Waals surface area contributed by atoms with Crippen molar-refractivity contribution in [3.63, 3.8) is 0 Å². The van der Waals surface area contributed by atoms with E-state index in [2.05, 4.69) is 55.3 Å². The number of anilines is 2. The molecule has 0 fully saturated rings. The van der Waals surface area contributed by atoms with E-state index in [1.165, 1.54) is 10.5 Å². The lowest BCUT2D eigenvalue weighted by Crippen LogP contribution is -2.38. The molecule has 0 atom stereocenters. The molecular formula is C19H24N2OS. The van der Waals surface area contributed by atoms with Gasteiger partial charge in [-0.25, -0.2) is 0 Å². The highest BCUT2D eigenvalue weighted by atomic mass is 32.2. The Kier molecular flexibility index (Phi) is 6.11. The standard InChI is InChI=1S/C19H24N2OS/c1-14(2)21(17-9-5-15(3)6-10-17)13-19(22)20-16-7-11-18(23-4)12-8-16/h5-12,14H,13H2,1-4H3,(H,20,22). The molecule has 0 aliphatic heterocycles. The molecule has 1 amide bonds. The van der Waals surface area contributed by atoms with Gasteiger partial charge in [-0.05, 0) is 63.4 Å². The van der Waals surface area contributed by atoms with E-state index < -0.39 is 0 Å². The van der Waals surface area contributed by atoms with Gasteiger partial charge in [0.2, 0.25) is 5.91 Å². The normalized spacial score (nSPS) is 10.7. The highest BCUT2D eigenvalue weighted by Gasteiger charge is 2.15. The molecule has 23 heavy (non-hydrogen) atoms. The SMILES string of the molecule is CSc1ccc(NC(=O)CN(c2ccc(C)cc2)C(C)C)cc1. The summed E-state index contributed by atoms with van der Waals surface area (Å²) in [6.45, 7) is 6.60. The molecule has 0 saturated heterocycles. The van der Waals surface area contributed by atoms with Crippen LogP contribution in [0.4, 0.5) is 11.4 Å². The van der Waals surface area contributed by atoms with Gasteiger partial charge in [-0.3, -0.25) is 4.79 Å². The van der Waals surface area contributed by atoms with Gasteiger partial charge in [0.25, 0.3) is 0 Å². The van der Waals surface area contributed by atoms with Gasteiger partial charge < -0.3 is 10.2 Å². The Morgan fingerprint density at radius 3 is 2.22 bits per heavy atom. The molecule has 0 saturated carbocycles. The second-order valence-corrected chi connectivity index (χ2v) is 6.71. The van der Waals surface area contributed by atoms with E-state index in [9.17, 15) is 4.79 Å². The Morgan fingerprint density at radius 1 is 1.09 bits per heavy atom. The summed E-state index contributed by atoms with van der Waals surface area (Å²) >= 11 is 1.69. The lowest BCUT2D eigenvalue weighted by Gasteiger charge is -2.28. The first kappa shape index (κ1) is 17.4. The number of thioether (sulfide) groups is 1. The molecular weight excluding hydrogens is 304 g/mol. The van der Waals surface area contributed by atoms with Crippen molar-refractivity contribution in [3.05, 3.63) is 54.1 Å². The number of aryl methyl sites for hydroxylation is 1. The molecule has 0 unspecified atom stereocenters. The minimum Gasteiger partial charge on any atom is -0.360 e. The molecule has 1 N–H and O–H groups in total. The number of hydrogen-bond donors (Lipinski definition) is 1. The summed E-state index contributed by atoms with van der Waals surface area (Å²) in [4.78, 5) is 15.7. The van der Waals surface area contributed by atoms with Gasteiger partial charge in [-0.1, -0.05) is 17.7 Å². The van der Waals surface area contributed by atoms with Crippen LogP contribution in [0.3, 0.4) is 0 Å². The molecule has 0 aliphatic rings. The summed E-state index contributed by atoms with van der Waals surface area (Å²) < 4.78 is 0. The van der Waals surface area contributed by atoms with Crippen LogP contribution < -0.4 is 10.2 Å². The Labute approximate surface area is 143 Å². The zero-order valence-electron chi connectivity index (χ0n) is 14.2. The van der Waals surface area contributed by atoms with Crippen molar-refractivity contribution in [3.8, 4) is 0 Å². The van der Waals surface area contributed by atoms with Gasteiger partial charge in [-0.2, -0.15) is 0 Å². The fourth-order valence-corrected chi connectivity index (χ4v) is 2.75. The van der Waals surface area contributed by atoms with Crippen LogP contribution in [0.1, 0.15) is 19.4 Å². The molecule has 0 radical (unpaired) electrons. The van der Waals surface area contributed by atoms with Crippen LogP contribution >= 0.6 is 11.8 Å². The maximum atomic E-state index is 12.4. The van der Waals surface area contributed by atoms with Gasteiger partial charge in [0.15, 0.2) is 0 Å². The van der Waals surface area contributed by atoms with Crippen molar-refractivity contribution < 1.29 is 4.79 Å². The van der Waals surface area contributed by atoms with Crippen molar-refractivity contribution in [1.82, 2.24) is 0 Å². The van der Waals surface area contributed by atoms with Gasteiger partial charge in [0, 0.05) is 22.3 Å². The smallest absolute Gasteiger partial charge is 0.243 e. The molecule has 0 aromatic heterocycles. The highest BCUT2D eigenvalue weighted by Crippen LogP contribution is 2.19. The zero-order valence-corrected chi connectivity index (χ0v) is 15.0. The molecule has 2 rings (SSSR count). The summed E-state index contributed by atoms with van der Waals surface area (Å²) in [5, 5.41) is 2.97. The van der Waals surface area contributed by atoms with Crippen molar-refractivity contribution in [1.29, 1.82) is 0 Å². The average molecular weight is 328 g/mol. The van der Waals surface area contributed by atoms with Crippen LogP contribution in [-0.4, -0.2) is 24.7 Å². The van der Waals surface area contributed by atoms with Crippen molar-refractivity contribution in [2.75, 3.05) is 23.0 Å². The number of nitrogens with one attached hydrogen (secondary N) is 1. The molecule has 2 aromatic carbocycles. The number of benzene rings is 2. The minimum absolute atomic E-state index is 0.00354. The quantitative estimate of drug-likeness (QED) is 0.788. The second kappa shape index (κ2) is 8.06. The number of hydrogen-bond acceptors (Lipinski definition) is 3.